The summed E-state index contributed by atoms with van der Waals surface area (Å²) in [7, 11) is 1.68. The van der Waals surface area contributed by atoms with Gasteiger partial charge in [0, 0.05) is 12.6 Å². The van der Waals surface area contributed by atoms with Crippen LogP contribution in [0.25, 0.3) is 0 Å². The van der Waals surface area contributed by atoms with Crippen LogP contribution in [0.2, 0.25) is 0 Å². The van der Waals surface area contributed by atoms with Gasteiger partial charge in [0.15, 0.2) is 0 Å². The smallest absolute Gasteiger partial charge is 0.246 e. The van der Waals surface area contributed by atoms with Crippen molar-refractivity contribution in [3.63, 3.8) is 0 Å². The average Bonchev–Trinajstić information content (AvgIpc) is 2.39. The highest BCUT2D eigenvalue weighted by atomic mass is 16.5. The monoisotopic (exact) mass is 253 g/mol. The number of carbonyl (C=O) groups is 1. The fraction of sp³-hybridized carbons (Fsp3) is 0.800. The number of rotatable bonds is 5. The Hall–Kier alpha value is -0.830. The zero-order valence-electron chi connectivity index (χ0n) is 12.3. The van der Waals surface area contributed by atoms with E-state index in [4.69, 9.17) is 4.74 Å². The third kappa shape index (κ3) is 3.58. The Morgan fingerprint density at radius 1 is 1.44 bits per heavy atom. The predicted octanol–water partition coefficient (Wildman–Crippen LogP) is 2.91. The van der Waals surface area contributed by atoms with Crippen molar-refractivity contribution in [2.45, 2.75) is 59.2 Å². The van der Waals surface area contributed by atoms with Gasteiger partial charge >= 0.3 is 0 Å². The highest BCUT2D eigenvalue weighted by molar-refractivity contribution is 5.93. The molecule has 0 radical (unpaired) electrons. The topological polar surface area (TPSA) is 38.3 Å². The summed E-state index contributed by atoms with van der Waals surface area (Å²) in [6, 6.07) is 0. The highest BCUT2D eigenvalue weighted by Gasteiger charge is 2.31. The minimum absolute atomic E-state index is 0.0342. The molecule has 3 nitrogen and oxygen atoms in total. The van der Waals surface area contributed by atoms with E-state index in [2.05, 4.69) is 33.0 Å². The van der Waals surface area contributed by atoms with E-state index in [1.807, 2.05) is 6.08 Å². The molecule has 0 aromatic carbocycles. The van der Waals surface area contributed by atoms with Crippen LogP contribution < -0.4 is 5.32 Å². The second-order valence-electron chi connectivity index (χ2n) is 5.35. The molecule has 1 aliphatic carbocycles. The molecule has 0 spiro atoms. The third-order valence-electron chi connectivity index (χ3n) is 4.10. The number of hydrogen-bond acceptors (Lipinski definition) is 2. The van der Waals surface area contributed by atoms with Gasteiger partial charge in [-0.1, -0.05) is 27.7 Å². The minimum Gasteiger partial charge on any atom is -0.371 e. The zero-order chi connectivity index (χ0) is 13.7. The van der Waals surface area contributed by atoms with Gasteiger partial charge in [-0.2, -0.15) is 0 Å². The SMILES string of the molecule is CCC(CC)O[C@@H]1C=C(C(=O)NC)C[C@H](C)[C@H]1C. The summed E-state index contributed by atoms with van der Waals surface area (Å²) in [6.07, 6.45) is 5.30. The maximum absolute atomic E-state index is 11.8. The first-order valence-corrected chi connectivity index (χ1v) is 7.11. The molecule has 0 bridgehead atoms. The lowest BCUT2D eigenvalue weighted by Crippen LogP contribution is -2.35. The lowest BCUT2D eigenvalue weighted by molar-refractivity contribution is -0.117. The fourth-order valence-corrected chi connectivity index (χ4v) is 2.47. The minimum atomic E-state index is 0.0342. The quantitative estimate of drug-likeness (QED) is 0.818. The molecule has 104 valence electrons. The van der Waals surface area contributed by atoms with Crippen molar-refractivity contribution in [2.75, 3.05) is 7.05 Å². The molecule has 1 amide bonds. The van der Waals surface area contributed by atoms with Gasteiger partial charge in [0.1, 0.15) is 0 Å². The van der Waals surface area contributed by atoms with Crippen molar-refractivity contribution in [1.82, 2.24) is 5.32 Å². The van der Waals surface area contributed by atoms with E-state index >= 15 is 0 Å². The van der Waals surface area contributed by atoms with Crippen molar-refractivity contribution < 1.29 is 9.53 Å². The summed E-state index contributed by atoms with van der Waals surface area (Å²) >= 11 is 0. The molecule has 0 aromatic rings. The van der Waals surface area contributed by atoms with Gasteiger partial charge in [-0.3, -0.25) is 4.79 Å². The fourth-order valence-electron chi connectivity index (χ4n) is 2.47. The molecule has 0 saturated heterocycles. The molecule has 0 aliphatic heterocycles. The van der Waals surface area contributed by atoms with E-state index in [0.717, 1.165) is 24.8 Å². The molecular weight excluding hydrogens is 226 g/mol. The second kappa shape index (κ2) is 6.93. The molecule has 0 saturated carbocycles. The average molecular weight is 253 g/mol. The summed E-state index contributed by atoms with van der Waals surface area (Å²) in [5.41, 5.74) is 0.874. The molecule has 0 aromatic heterocycles. The largest absolute Gasteiger partial charge is 0.371 e. The van der Waals surface area contributed by atoms with Gasteiger partial charge in [-0.15, -0.1) is 0 Å². The second-order valence-corrected chi connectivity index (χ2v) is 5.35. The summed E-state index contributed by atoms with van der Waals surface area (Å²) in [6.45, 7) is 8.71. The molecular formula is C15H27NO2. The van der Waals surface area contributed by atoms with Gasteiger partial charge in [0.25, 0.3) is 0 Å². The highest BCUT2D eigenvalue weighted by Crippen LogP contribution is 2.32. The Bertz CT molecular complexity index is 308. The summed E-state index contributed by atoms with van der Waals surface area (Å²) < 4.78 is 6.14. The van der Waals surface area contributed by atoms with Crippen LogP contribution in [-0.4, -0.2) is 25.2 Å². The molecule has 1 aliphatic rings. The van der Waals surface area contributed by atoms with Crippen molar-refractivity contribution in [2.24, 2.45) is 11.8 Å². The lowest BCUT2D eigenvalue weighted by Gasteiger charge is -2.34. The van der Waals surface area contributed by atoms with Crippen molar-refractivity contribution in [3.8, 4) is 0 Å². The van der Waals surface area contributed by atoms with Crippen LogP contribution in [0.3, 0.4) is 0 Å². The van der Waals surface area contributed by atoms with Gasteiger partial charge in [-0.05, 0) is 37.2 Å². The normalized spacial score (nSPS) is 28.1. The number of ether oxygens (including phenoxy) is 1. The first-order valence-electron chi connectivity index (χ1n) is 7.11. The van der Waals surface area contributed by atoms with Crippen LogP contribution in [0.5, 0.6) is 0 Å². The number of likely N-dealkylation sites (N-methyl/N-ethyl adjacent to an activating group) is 1. The maximum atomic E-state index is 11.8. The van der Waals surface area contributed by atoms with E-state index in [-0.39, 0.29) is 12.0 Å². The van der Waals surface area contributed by atoms with E-state index in [1.165, 1.54) is 0 Å². The first kappa shape index (κ1) is 15.2. The summed E-state index contributed by atoms with van der Waals surface area (Å²) in [4.78, 5) is 11.8. The van der Waals surface area contributed by atoms with Gasteiger partial charge in [0.2, 0.25) is 5.91 Å². The van der Waals surface area contributed by atoms with Gasteiger partial charge < -0.3 is 10.1 Å². The zero-order valence-corrected chi connectivity index (χ0v) is 12.3. The molecule has 0 fully saturated rings. The lowest BCUT2D eigenvalue weighted by atomic mass is 9.79. The van der Waals surface area contributed by atoms with Crippen molar-refractivity contribution in [1.29, 1.82) is 0 Å². The summed E-state index contributed by atoms with van der Waals surface area (Å²) in [5.74, 6) is 0.993. The van der Waals surface area contributed by atoms with E-state index in [9.17, 15) is 4.79 Å². The Balaban J connectivity index is 2.82. The first-order chi connectivity index (χ1) is 8.53. The van der Waals surface area contributed by atoms with E-state index in [1.54, 1.807) is 7.05 Å². The van der Waals surface area contributed by atoms with E-state index in [0.29, 0.717) is 17.9 Å². The van der Waals surface area contributed by atoms with Crippen LogP contribution in [0.4, 0.5) is 0 Å². The maximum Gasteiger partial charge on any atom is 0.246 e. The molecule has 3 heteroatoms. The third-order valence-corrected chi connectivity index (χ3v) is 4.10. The molecule has 1 N–H and O–H groups in total. The standard InChI is InChI=1S/C15H27NO2/c1-6-13(7-2)18-14-9-12(15(17)16-5)8-10(3)11(14)4/h9-11,13-14H,6-8H2,1-5H3,(H,16,17)/t10-,11+,14+/m0/s1. The Labute approximate surface area is 111 Å². The summed E-state index contributed by atoms with van der Waals surface area (Å²) in [5, 5.41) is 2.71. The van der Waals surface area contributed by atoms with Crippen LogP contribution in [-0.2, 0) is 9.53 Å². The number of nitrogens with one attached hydrogen (secondary N) is 1. The molecule has 0 heterocycles. The molecule has 18 heavy (non-hydrogen) atoms. The Kier molecular flexibility index (Phi) is 5.86. The van der Waals surface area contributed by atoms with Crippen LogP contribution in [0.1, 0.15) is 47.0 Å². The van der Waals surface area contributed by atoms with E-state index < -0.39 is 0 Å². The number of hydrogen-bond donors (Lipinski definition) is 1. The molecule has 0 unspecified atom stereocenters. The Morgan fingerprint density at radius 2 is 2.06 bits per heavy atom. The van der Waals surface area contributed by atoms with Crippen LogP contribution >= 0.6 is 0 Å². The van der Waals surface area contributed by atoms with Crippen LogP contribution in [0, 0.1) is 11.8 Å². The van der Waals surface area contributed by atoms with Gasteiger partial charge in [-0.25, -0.2) is 0 Å². The number of carbonyl (C=O) groups excluding carboxylic acids is 1. The van der Waals surface area contributed by atoms with Crippen LogP contribution in [0.15, 0.2) is 11.6 Å². The van der Waals surface area contributed by atoms with Gasteiger partial charge in [0.05, 0.1) is 12.2 Å². The number of amides is 1. The van der Waals surface area contributed by atoms with Crippen molar-refractivity contribution in [3.05, 3.63) is 11.6 Å². The molecule has 1 rings (SSSR count). The Morgan fingerprint density at radius 3 is 2.56 bits per heavy atom. The molecule has 3 atom stereocenters. The van der Waals surface area contributed by atoms with Crippen molar-refractivity contribution >= 4 is 5.91 Å². The predicted molar refractivity (Wildman–Crippen MR) is 74.3 cm³/mol.